The number of nitrogens with zero attached hydrogens (tertiary/aromatic N) is 1. The van der Waals surface area contributed by atoms with Crippen LogP contribution in [0.25, 0.3) is 0 Å². The van der Waals surface area contributed by atoms with Gasteiger partial charge in [-0.25, -0.2) is 0 Å². The van der Waals surface area contributed by atoms with Crippen molar-refractivity contribution in [3.63, 3.8) is 0 Å². The number of piperidine rings is 2. The van der Waals surface area contributed by atoms with Crippen LogP contribution in [0, 0.1) is 29.1 Å². The first kappa shape index (κ1) is 25.6. The van der Waals surface area contributed by atoms with E-state index in [0.717, 1.165) is 6.42 Å². The summed E-state index contributed by atoms with van der Waals surface area (Å²) < 4.78 is 0. The molecule has 9 nitrogen and oxygen atoms in total. The van der Waals surface area contributed by atoms with Crippen LogP contribution in [0.15, 0.2) is 0 Å². The first-order chi connectivity index (χ1) is 16.6. The Morgan fingerprint density at radius 1 is 0.833 bits per heavy atom. The van der Waals surface area contributed by atoms with E-state index in [0.29, 0.717) is 31.7 Å². The minimum atomic E-state index is -2.08. The maximum atomic E-state index is 13.0. The Balaban J connectivity index is 1.47. The lowest BCUT2D eigenvalue weighted by molar-refractivity contribution is -0.354. The second-order valence-corrected chi connectivity index (χ2v) is 13.9. The number of ketones is 1. The Labute approximate surface area is 212 Å². The van der Waals surface area contributed by atoms with Crippen molar-refractivity contribution in [2.24, 2.45) is 29.1 Å². The van der Waals surface area contributed by atoms with Gasteiger partial charge < -0.3 is 35.7 Å². The molecule has 2 aliphatic heterocycles. The van der Waals surface area contributed by atoms with E-state index in [-0.39, 0.29) is 38.0 Å². The topological polar surface area (TPSA) is 162 Å². The average molecular weight is 510 g/mol. The van der Waals surface area contributed by atoms with Gasteiger partial charge in [0.2, 0.25) is 0 Å². The first-order valence-corrected chi connectivity index (χ1v) is 13.8. The number of aliphatic hydroxyl groups excluding tert-OH is 2. The summed E-state index contributed by atoms with van der Waals surface area (Å²) in [4.78, 5) is 15.0. The van der Waals surface area contributed by atoms with Crippen LogP contribution in [0.4, 0.5) is 0 Å². The Bertz CT molecular complexity index is 975. The molecule has 7 N–H and O–H groups in total. The molecule has 6 aliphatic rings. The van der Waals surface area contributed by atoms with E-state index < -0.39 is 69.4 Å². The van der Waals surface area contributed by atoms with Crippen LogP contribution < -0.4 is 0 Å². The molecule has 204 valence electrons. The van der Waals surface area contributed by atoms with Crippen molar-refractivity contribution >= 4 is 5.78 Å². The van der Waals surface area contributed by atoms with Gasteiger partial charge in [-0.05, 0) is 51.4 Å². The fraction of sp³-hybridized carbons (Fsp3) is 0.963. The van der Waals surface area contributed by atoms with E-state index >= 15 is 0 Å². The van der Waals surface area contributed by atoms with Gasteiger partial charge in [-0.2, -0.15) is 0 Å². The predicted molar refractivity (Wildman–Crippen MR) is 127 cm³/mol. The highest BCUT2D eigenvalue weighted by Gasteiger charge is 2.84. The highest BCUT2D eigenvalue weighted by Crippen LogP contribution is 2.71. The highest BCUT2D eigenvalue weighted by atomic mass is 16.4. The molecule has 9 heteroatoms. The molecule has 0 spiro atoms. The molecule has 0 bridgehead atoms. The van der Waals surface area contributed by atoms with Crippen LogP contribution in [0.2, 0.25) is 0 Å². The van der Waals surface area contributed by atoms with E-state index in [9.17, 15) is 40.5 Å². The van der Waals surface area contributed by atoms with Gasteiger partial charge in [0.1, 0.15) is 28.5 Å². The molecule has 36 heavy (non-hydrogen) atoms. The zero-order chi connectivity index (χ0) is 26.3. The normalized spacial score (nSPS) is 63.1. The fourth-order valence-corrected chi connectivity index (χ4v) is 10.4. The Morgan fingerprint density at radius 2 is 1.53 bits per heavy atom. The predicted octanol–water partition coefficient (Wildman–Crippen LogP) is -0.683. The molecule has 2 saturated heterocycles. The van der Waals surface area contributed by atoms with Crippen molar-refractivity contribution < 1.29 is 40.5 Å². The Morgan fingerprint density at radius 3 is 2.22 bits per heavy atom. The largest absolute Gasteiger partial charge is 0.390 e. The summed E-state index contributed by atoms with van der Waals surface area (Å²) in [7, 11) is 0. The maximum Gasteiger partial charge on any atom is 0.164 e. The van der Waals surface area contributed by atoms with Gasteiger partial charge in [0.15, 0.2) is 5.78 Å². The van der Waals surface area contributed by atoms with E-state index in [1.165, 1.54) is 6.92 Å². The highest BCUT2D eigenvalue weighted by molar-refractivity contribution is 5.87. The quantitative estimate of drug-likeness (QED) is 0.224. The lowest BCUT2D eigenvalue weighted by atomic mass is 9.48. The van der Waals surface area contributed by atoms with Crippen LogP contribution in [0.5, 0.6) is 0 Å². The molecular formula is C27H43NO8. The van der Waals surface area contributed by atoms with Gasteiger partial charge in [-0.1, -0.05) is 13.8 Å². The van der Waals surface area contributed by atoms with Crippen LogP contribution in [-0.4, -0.2) is 106 Å². The number of hydrogen-bond acceptors (Lipinski definition) is 9. The Hall–Kier alpha value is -0.650. The molecule has 0 radical (unpaired) electrons. The monoisotopic (exact) mass is 509 g/mol. The molecular weight excluding hydrogens is 466 g/mol. The zero-order valence-corrected chi connectivity index (χ0v) is 21.6. The van der Waals surface area contributed by atoms with E-state index in [4.69, 9.17) is 0 Å². The van der Waals surface area contributed by atoms with Crippen molar-refractivity contribution in [2.75, 3.05) is 13.1 Å². The molecule has 4 saturated carbocycles. The lowest BCUT2D eigenvalue weighted by Gasteiger charge is -2.68. The van der Waals surface area contributed by atoms with E-state index in [1.54, 1.807) is 0 Å². The van der Waals surface area contributed by atoms with Crippen molar-refractivity contribution in [2.45, 2.75) is 118 Å². The van der Waals surface area contributed by atoms with Crippen LogP contribution in [-0.2, 0) is 4.79 Å². The summed E-state index contributed by atoms with van der Waals surface area (Å²) >= 11 is 0. The maximum absolute atomic E-state index is 13.0. The molecule has 6 fully saturated rings. The van der Waals surface area contributed by atoms with Gasteiger partial charge in [0.05, 0.1) is 11.7 Å². The zero-order valence-electron chi connectivity index (χ0n) is 21.6. The van der Waals surface area contributed by atoms with Crippen molar-refractivity contribution in [1.82, 2.24) is 4.90 Å². The second-order valence-electron chi connectivity index (χ2n) is 13.9. The molecule has 0 aromatic carbocycles. The summed E-state index contributed by atoms with van der Waals surface area (Å²) in [6.07, 6.45) is -0.498. The second kappa shape index (κ2) is 7.30. The lowest BCUT2D eigenvalue weighted by Crippen LogP contribution is -2.85. The van der Waals surface area contributed by atoms with Crippen molar-refractivity contribution in [1.29, 1.82) is 0 Å². The number of carbonyl (C=O) groups is 1. The summed E-state index contributed by atoms with van der Waals surface area (Å²) in [5.74, 6) is -2.47. The minimum Gasteiger partial charge on any atom is -0.390 e. The third kappa shape index (κ3) is 2.62. The molecule has 13 atom stereocenters. The molecule has 4 aliphatic carbocycles. The van der Waals surface area contributed by atoms with Crippen LogP contribution >= 0.6 is 0 Å². The third-order valence-corrected chi connectivity index (χ3v) is 12.5. The molecule has 0 amide bonds. The molecule has 0 aromatic rings. The van der Waals surface area contributed by atoms with Gasteiger partial charge in [0, 0.05) is 55.1 Å². The summed E-state index contributed by atoms with van der Waals surface area (Å²) in [6.45, 7) is 6.31. The summed E-state index contributed by atoms with van der Waals surface area (Å²) in [5.41, 5.74) is -10.4. The molecule has 6 rings (SSSR count). The number of fused-ring (bicyclic) bond motifs is 8. The van der Waals surface area contributed by atoms with E-state index in [2.05, 4.69) is 11.8 Å². The van der Waals surface area contributed by atoms with Crippen molar-refractivity contribution in [3.8, 4) is 0 Å². The number of hydrogen-bond donors (Lipinski definition) is 7. The fourth-order valence-electron chi connectivity index (χ4n) is 10.4. The van der Waals surface area contributed by atoms with Gasteiger partial charge in [-0.15, -0.1) is 0 Å². The van der Waals surface area contributed by atoms with Gasteiger partial charge >= 0.3 is 0 Å². The number of rotatable bonds is 0. The average Bonchev–Trinajstić information content (AvgIpc) is 2.97. The molecule has 0 unspecified atom stereocenters. The smallest absolute Gasteiger partial charge is 0.164 e. The molecule has 0 aromatic heterocycles. The van der Waals surface area contributed by atoms with E-state index in [1.807, 2.05) is 6.92 Å². The number of aliphatic hydroxyl groups is 7. The molecule has 2 heterocycles. The van der Waals surface area contributed by atoms with Crippen molar-refractivity contribution in [3.05, 3.63) is 0 Å². The van der Waals surface area contributed by atoms with Gasteiger partial charge in [-0.3, -0.25) is 9.69 Å². The Kier molecular flexibility index (Phi) is 5.19. The number of carbonyl (C=O) groups excluding carboxylic acids is 1. The third-order valence-electron chi connectivity index (χ3n) is 12.5. The minimum absolute atomic E-state index is 0.179. The summed E-state index contributed by atoms with van der Waals surface area (Å²) in [6, 6.07) is -0.398. The standard InChI is InChI=1S/C27H43NO8/c1-14-4-7-19-23(3,32)27(36)18(12-28(19)11-14)26(35)13-25(34)17(24(26,33)10-20(27)30)6-5-15-21(31)16(29)8-9-22(15,25)2/h14-20,29-30,32-36H,4-13H2,1-3H3/t14-,15-,16-,17+,18+,19-,20-,22+,23-,24+,25+,26+,27-/m1/s1. The van der Waals surface area contributed by atoms with Gasteiger partial charge in [0.25, 0.3) is 0 Å². The SMILES string of the molecule is C[C@@H]1CC[C@H]2N(C1)C[C@@H]1[C@@](O)([C@H](O)C[C@]3(O)[C@@H]4CC[C@@H]5C(=O)[C@H](O)CC[C@]5(C)[C@]4(O)C[C@]13O)[C@]2(C)O. The van der Waals surface area contributed by atoms with Crippen LogP contribution in [0.1, 0.15) is 72.1 Å². The number of Topliss-reactive ketones (excluding diaryl/α,β-unsaturated/α-hetero) is 1. The first-order valence-electron chi connectivity index (χ1n) is 13.8. The van der Waals surface area contributed by atoms with Crippen LogP contribution in [0.3, 0.4) is 0 Å². The summed E-state index contributed by atoms with van der Waals surface area (Å²) in [5, 5.41) is 82.9.